The van der Waals surface area contributed by atoms with Gasteiger partial charge in [-0.1, -0.05) is 0 Å². The van der Waals surface area contributed by atoms with Gasteiger partial charge in [-0.25, -0.2) is 9.97 Å². The Bertz CT molecular complexity index is 1120. The van der Waals surface area contributed by atoms with E-state index in [9.17, 15) is 14.9 Å². The number of ether oxygens (including phenoxy) is 1. The first-order valence-electron chi connectivity index (χ1n) is 11.8. The molecule has 1 N–H and O–H groups in total. The van der Waals surface area contributed by atoms with E-state index in [1.54, 1.807) is 46.5 Å². The highest BCUT2D eigenvalue weighted by Gasteiger charge is 2.56. The number of nitrogens with one attached hydrogen (secondary N) is 1. The lowest BCUT2D eigenvalue weighted by Gasteiger charge is -2.31. The van der Waals surface area contributed by atoms with Crippen LogP contribution in [0.2, 0.25) is 0 Å². The molecule has 2 saturated heterocycles. The molecule has 1 aliphatic carbocycles. The zero-order valence-electron chi connectivity index (χ0n) is 19.2. The highest BCUT2D eigenvalue weighted by molar-refractivity contribution is 6.02. The normalized spacial score (nSPS) is 22.9. The van der Waals surface area contributed by atoms with Crippen LogP contribution in [0.5, 0.6) is 0 Å². The molecular weight excluding hydrogens is 432 g/mol. The Morgan fingerprint density at radius 3 is 2.68 bits per heavy atom. The third-order valence-electron chi connectivity index (χ3n) is 7.21. The molecule has 0 spiro atoms. The van der Waals surface area contributed by atoms with E-state index >= 15 is 0 Å². The van der Waals surface area contributed by atoms with E-state index in [-0.39, 0.29) is 23.8 Å². The van der Waals surface area contributed by atoms with Crippen LogP contribution in [0.4, 0.5) is 17.3 Å². The number of hydrogen-bond donors (Lipinski definition) is 1. The molecule has 5 rings (SSSR count). The van der Waals surface area contributed by atoms with Crippen LogP contribution in [0.1, 0.15) is 42.5 Å². The van der Waals surface area contributed by atoms with Crippen molar-refractivity contribution in [3.63, 3.8) is 0 Å². The summed E-state index contributed by atoms with van der Waals surface area (Å²) in [6.07, 6.45) is 7.34. The number of aromatic nitrogens is 2. The van der Waals surface area contributed by atoms with Gasteiger partial charge in [-0.05, 0) is 56.2 Å². The van der Waals surface area contributed by atoms with Gasteiger partial charge in [0.25, 0.3) is 5.91 Å². The molecule has 2 amide bonds. The van der Waals surface area contributed by atoms with Crippen molar-refractivity contribution >= 4 is 29.1 Å². The monoisotopic (exact) mass is 460 g/mol. The predicted octanol–water partition coefficient (Wildman–Crippen LogP) is 3.13. The van der Waals surface area contributed by atoms with Crippen LogP contribution >= 0.6 is 0 Å². The van der Waals surface area contributed by atoms with E-state index < -0.39 is 5.41 Å². The number of hydrogen-bond acceptors (Lipinski definition) is 7. The molecule has 0 radical (unpaired) electrons. The Hall–Kier alpha value is -3.51. The Labute approximate surface area is 198 Å². The first-order chi connectivity index (χ1) is 16.5. The Kier molecular flexibility index (Phi) is 5.92. The van der Waals surface area contributed by atoms with E-state index in [1.165, 1.54) is 0 Å². The summed E-state index contributed by atoms with van der Waals surface area (Å²) >= 11 is 0. The maximum atomic E-state index is 13.1. The molecule has 9 heteroatoms. The standard InChI is InChI=1S/C25H28N6O3/c1-30(19-7-12-34-13-8-19)23(32)17-2-5-21(28-15-17)29-22-14-20(6-10-27-22)31-11-9-25(16-26,24(31)33)18-3-4-18/h2,5-6,10,14-15,18-19H,3-4,7-9,11-13H2,1H3,(H,27,28,29)/t25-/m1/s1. The van der Waals surface area contributed by atoms with Crippen LogP contribution in [0.25, 0.3) is 0 Å². The second kappa shape index (κ2) is 9.03. The molecular formula is C25H28N6O3. The van der Waals surface area contributed by atoms with Gasteiger partial charge in [0, 0.05) is 57.0 Å². The van der Waals surface area contributed by atoms with Gasteiger partial charge in [-0.3, -0.25) is 9.59 Å². The lowest BCUT2D eigenvalue weighted by molar-refractivity contribution is -0.123. The molecule has 1 saturated carbocycles. The average Bonchev–Trinajstić information content (AvgIpc) is 3.68. The molecule has 0 aromatic carbocycles. The number of nitrogens with zero attached hydrogens (tertiary/aromatic N) is 5. The Morgan fingerprint density at radius 1 is 1.21 bits per heavy atom. The Morgan fingerprint density at radius 2 is 2.00 bits per heavy atom. The van der Waals surface area contributed by atoms with Crippen LogP contribution in [0, 0.1) is 22.7 Å². The van der Waals surface area contributed by atoms with Crippen LogP contribution < -0.4 is 10.2 Å². The minimum atomic E-state index is -0.876. The molecule has 2 aromatic heterocycles. The van der Waals surface area contributed by atoms with Crippen molar-refractivity contribution in [3.05, 3.63) is 42.2 Å². The largest absolute Gasteiger partial charge is 0.381 e. The molecule has 1 atom stereocenters. The smallest absolute Gasteiger partial charge is 0.255 e. The number of rotatable bonds is 6. The van der Waals surface area contributed by atoms with E-state index in [2.05, 4.69) is 21.4 Å². The SMILES string of the molecule is CN(C(=O)c1ccc(Nc2cc(N3CC[C@@](C#N)(C4CC4)C3=O)ccn2)nc1)C1CCOCC1. The molecule has 2 aliphatic heterocycles. The van der Waals surface area contributed by atoms with Crippen molar-refractivity contribution in [3.8, 4) is 6.07 Å². The molecule has 0 bridgehead atoms. The summed E-state index contributed by atoms with van der Waals surface area (Å²) < 4.78 is 5.38. The Balaban J connectivity index is 1.26. The van der Waals surface area contributed by atoms with Crippen LogP contribution in [0.3, 0.4) is 0 Å². The minimum absolute atomic E-state index is 0.0599. The second-order valence-corrected chi connectivity index (χ2v) is 9.28. The van der Waals surface area contributed by atoms with Crippen molar-refractivity contribution in [2.24, 2.45) is 11.3 Å². The molecule has 2 aromatic rings. The fourth-order valence-electron chi connectivity index (χ4n) is 4.96. The van der Waals surface area contributed by atoms with Gasteiger partial charge in [0.1, 0.15) is 17.1 Å². The minimum Gasteiger partial charge on any atom is -0.381 e. The van der Waals surface area contributed by atoms with Crippen molar-refractivity contribution < 1.29 is 14.3 Å². The number of carbonyl (C=O) groups is 2. The summed E-state index contributed by atoms with van der Waals surface area (Å²) in [5.41, 5.74) is 0.362. The molecule has 176 valence electrons. The van der Waals surface area contributed by atoms with Crippen LogP contribution in [-0.4, -0.2) is 59.5 Å². The van der Waals surface area contributed by atoms with Crippen molar-refractivity contribution in [1.82, 2.24) is 14.9 Å². The summed E-state index contributed by atoms with van der Waals surface area (Å²) in [4.78, 5) is 38.1. The molecule has 34 heavy (non-hydrogen) atoms. The summed E-state index contributed by atoms with van der Waals surface area (Å²) in [6, 6.07) is 9.56. The zero-order chi connectivity index (χ0) is 23.7. The molecule has 0 unspecified atom stereocenters. The summed E-state index contributed by atoms with van der Waals surface area (Å²) in [6.45, 7) is 1.88. The number of carbonyl (C=O) groups excluding carboxylic acids is 2. The zero-order valence-corrected chi connectivity index (χ0v) is 19.2. The van der Waals surface area contributed by atoms with E-state index in [0.717, 1.165) is 25.7 Å². The summed E-state index contributed by atoms with van der Waals surface area (Å²) in [5.74, 6) is 1.11. The van der Waals surface area contributed by atoms with Crippen LogP contribution in [0.15, 0.2) is 36.7 Å². The van der Waals surface area contributed by atoms with Gasteiger partial charge in [-0.2, -0.15) is 5.26 Å². The average molecular weight is 461 g/mol. The third kappa shape index (κ3) is 4.10. The van der Waals surface area contributed by atoms with Crippen molar-refractivity contribution in [1.29, 1.82) is 5.26 Å². The number of nitriles is 1. The highest BCUT2D eigenvalue weighted by atomic mass is 16.5. The first kappa shape index (κ1) is 22.3. The predicted molar refractivity (Wildman–Crippen MR) is 125 cm³/mol. The van der Waals surface area contributed by atoms with Crippen molar-refractivity contribution in [2.75, 3.05) is 37.0 Å². The van der Waals surface area contributed by atoms with Gasteiger partial charge in [0.05, 0.1) is 11.6 Å². The molecule has 3 aliphatic rings. The maximum Gasteiger partial charge on any atom is 0.255 e. The molecule has 4 heterocycles. The number of pyridine rings is 2. The van der Waals surface area contributed by atoms with Gasteiger partial charge in [-0.15, -0.1) is 0 Å². The van der Waals surface area contributed by atoms with E-state index in [4.69, 9.17) is 4.74 Å². The fourth-order valence-corrected chi connectivity index (χ4v) is 4.96. The van der Waals surface area contributed by atoms with E-state index in [0.29, 0.717) is 49.1 Å². The van der Waals surface area contributed by atoms with Gasteiger partial charge in [0.15, 0.2) is 0 Å². The topological polar surface area (TPSA) is 111 Å². The van der Waals surface area contributed by atoms with Crippen molar-refractivity contribution in [2.45, 2.75) is 38.1 Å². The second-order valence-electron chi connectivity index (χ2n) is 9.28. The van der Waals surface area contributed by atoms with Crippen LogP contribution in [-0.2, 0) is 9.53 Å². The maximum absolute atomic E-state index is 13.1. The van der Waals surface area contributed by atoms with Gasteiger partial charge >= 0.3 is 0 Å². The van der Waals surface area contributed by atoms with Gasteiger partial charge < -0.3 is 19.9 Å². The van der Waals surface area contributed by atoms with E-state index in [1.807, 2.05) is 7.05 Å². The quantitative estimate of drug-likeness (QED) is 0.705. The highest BCUT2D eigenvalue weighted by Crippen LogP contribution is 2.51. The fraction of sp³-hybridized carbons (Fsp3) is 0.480. The first-order valence-corrected chi connectivity index (χ1v) is 11.8. The third-order valence-corrected chi connectivity index (χ3v) is 7.21. The van der Waals surface area contributed by atoms with Gasteiger partial charge in [0.2, 0.25) is 5.91 Å². The lowest BCUT2D eigenvalue weighted by atomic mass is 9.83. The summed E-state index contributed by atoms with van der Waals surface area (Å²) in [7, 11) is 1.82. The molecule has 3 fully saturated rings. The number of amides is 2. The molecule has 9 nitrogen and oxygen atoms in total. The number of anilines is 3. The lowest BCUT2D eigenvalue weighted by Crippen LogP contribution is -2.40. The summed E-state index contributed by atoms with van der Waals surface area (Å²) in [5, 5.41) is 12.9.